The van der Waals surface area contributed by atoms with Gasteiger partial charge in [-0.1, -0.05) is 48.5 Å². The fourth-order valence-corrected chi connectivity index (χ4v) is 6.74. The Labute approximate surface area is 202 Å². The van der Waals surface area contributed by atoms with Crippen LogP contribution in [0.2, 0.25) is 0 Å². The van der Waals surface area contributed by atoms with Crippen LogP contribution in [0.5, 0.6) is 0 Å². The van der Waals surface area contributed by atoms with E-state index in [1.165, 1.54) is 21.9 Å². The average molecular weight is 470 g/mol. The van der Waals surface area contributed by atoms with Crippen LogP contribution in [0.1, 0.15) is 41.6 Å². The Hall–Kier alpha value is -3.37. The summed E-state index contributed by atoms with van der Waals surface area (Å²) < 4.78 is 20.0. The standard InChI is InChI=1S/C30H26FO2S/c31-25-11-9-10-24(22-25)30(20-7-8-21-30)33-29(32)23-16-18-28(19-17-23)34(26-12-3-1-4-13-26)27-14-5-2-6-15-27/h1-6,9-19,22H,7-8,20-21H2/q+1. The molecule has 1 fully saturated rings. The van der Waals surface area contributed by atoms with Gasteiger partial charge in [0.15, 0.2) is 14.7 Å². The first-order valence-electron chi connectivity index (χ1n) is 11.6. The summed E-state index contributed by atoms with van der Waals surface area (Å²) in [6, 6.07) is 35.0. The van der Waals surface area contributed by atoms with E-state index in [1.54, 1.807) is 6.07 Å². The Morgan fingerprint density at radius 3 is 1.82 bits per heavy atom. The molecule has 0 unspecified atom stereocenters. The highest BCUT2D eigenvalue weighted by Crippen LogP contribution is 2.43. The van der Waals surface area contributed by atoms with Gasteiger partial charge in [-0.2, -0.15) is 0 Å². The van der Waals surface area contributed by atoms with E-state index in [0.717, 1.165) is 23.3 Å². The van der Waals surface area contributed by atoms with E-state index in [4.69, 9.17) is 4.74 Å². The quantitative estimate of drug-likeness (QED) is 0.215. The molecular weight excluding hydrogens is 443 g/mol. The number of carbonyl (C=O) groups excluding carboxylic acids is 1. The van der Waals surface area contributed by atoms with Crippen molar-refractivity contribution in [3.8, 4) is 0 Å². The van der Waals surface area contributed by atoms with Crippen LogP contribution in [-0.2, 0) is 21.2 Å². The number of ether oxygens (including phenoxy) is 1. The van der Waals surface area contributed by atoms with Crippen molar-refractivity contribution in [1.82, 2.24) is 0 Å². The van der Waals surface area contributed by atoms with Gasteiger partial charge in [0, 0.05) is 0 Å². The van der Waals surface area contributed by atoms with Gasteiger partial charge >= 0.3 is 5.97 Å². The van der Waals surface area contributed by atoms with E-state index < -0.39 is 5.60 Å². The number of rotatable bonds is 6. The largest absolute Gasteiger partial charge is 0.451 e. The molecule has 34 heavy (non-hydrogen) atoms. The number of halogens is 1. The summed E-state index contributed by atoms with van der Waals surface area (Å²) in [5.74, 6) is -0.671. The van der Waals surface area contributed by atoms with E-state index in [0.29, 0.717) is 18.4 Å². The van der Waals surface area contributed by atoms with Gasteiger partial charge in [0.05, 0.1) is 16.5 Å². The minimum absolute atomic E-state index is 0.275. The maximum atomic E-state index is 13.9. The van der Waals surface area contributed by atoms with Crippen LogP contribution in [0.25, 0.3) is 0 Å². The zero-order chi connectivity index (χ0) is 23.4. The molecule has 0 aliphatic heterocycles. The normalized spacial score (nSPS) is 14.8. The smallest absolute Gasteiger partial charge is 0.339 e. The lowest BCUT2D eigenvalue weighted by molar-refractivity contribution is -0.0185. The third-order valence-electron chi connectivity index (χ3n) is 6.33. The van der Waals surface area contributed by atoms with Gasteiger partial charge in [0.25, 0.3) is 0 Å². The highest BCUT2D eigenvalue weighted by Gasteiger charge is 2.40. The summed E-state index contributed by atoms with van der Waals surface area (Å²) >= 11 is 0. The summed E-state index contributed by atoms with van der Waals surface area (Å²) in [4.78, 5) is 16.7. The van der Waals surface area contributed by atoms with Crippen molar-refractivity contribution < 1.29 is 13.9 Å². The SMILES string of the molecule is O=C(OC1(c2cccc(F)c2)CCCC1)c1ccc([S+](c2ccccc2)c2ccccc2)cc1. The summed E-state index contributed by atoms with van der Waals surface area (Å²) in [5, 5.41) is 0. The van der Waals surface area contributed by atoms with Crippen molar-refractivity contribution in [2.45, 2.75) is 46.0 Å². The van der Waals surface area contributed by atoms with E-state index in [9.17, 15) is 9.18 Å². The molecule has 2 nitrogen and oxygen atoms in total. The Morgan fingerprint density at radius 2 is 1.26 bits per heavy atom. The highest BCUT2D eigenvalue weighted by molar-refractivity contribution is 7.97. The van der Waals surface area contributed by atoms with Crippen molar-refractivity contribution in [3.05, 3.63) is 126 Å². The van der Waals surface area contributed by atoms with E-state index >= 15 is 0 Å². The van der Waals surface area contributed by atoms with Crippen molar-refractivity contribution in [2.75, 3.05) is 0 Å². The maximum absolute atomic E-state index is 13.9. The Morgan fingerprint density at radius 1 is 0.706 bits per heavy atom. The van der Waals surface area contributed by atoms with E-state index in [1.807, 2.05) is 42.5 Å². The summed E-state index contributed by atoms with van der Waals surface area (Å²) in [5.41, 5.74) is 0.497. The second kappa shape index (κ2) is 9.86. The van der Waals surface area contributed by atoms with Crippen LogP contribution in [0.3, 0.4) is 0 Å². The molecule has 0 aromatic heterocycles. The molecular formula is C30H26FO2S+. The Balaban J connectivity index is 1.42. The van der Waals surface area contributed by atoms with Gasteiger partial charge in [-0.3, -0.25) is 0 Å². The fourth-order valence-electron chi connectivity index (χ4n) is 4.65. The summed E-state index contributed by atoms with van der Waals surface area (Å²) in [6.07, 6.45) is 3.34. The molecule has 0 radical (unpaired) electrons. The van der Waals surface area contributed by atoms with Crippen molar-refractivity contribution in [2.24, 2.45) is 0 Å². The Bertz CT molecular complexity index is 1210. The van der Waals surface area contributed by atoms with Crippen LogP contribution in [-0.4, -0.2) is 5.97 Å². The lowest BCUT2D eigenvalue weighted by atomic mass is 9.91. The van der Waals surface area contributed by atoms with Crippen LogP contribution in [0.4, 0.5) is 4.39 Å². The second-order valence-electron chi connectivity index (χ2n) is 8.56. The van der Waals surface area contributed by atoms with Gasteiger partial charge in [-0.25, -0.2) is 9.18 Å². The van der Waals surface area contributed by atoms with Crippen molar-refractivity contribution >= 4 is 16.9 Å². The molecule has 170 valence electrons. The summed E-state index contributed by atoms with van der Waals surface area (Å²) in [7, 11) is -0.275. The zero-order valence-electron chi connectivity index (χ0n) is 18.8. The topological polar surface area (TPSA) is 26.3 Å². The van der Waals surface area contributed by atoms with Crippen LogP contribution in [0, 0.1) is 5.82 Å². The first-order chi connectivity index (χ1) is 16.6. The van der Waals surface area contributed by atoms with Crippen molar-refractivity contribution in [1.29, 1.82) is 0 Å². The van der Waals surface area contributed by atoms with Gasteiger partial charge in [-0.05, 0) is 91.9 Å². The third kappa shape index (κ3) is 4.64. The van der Waals surface area contributed by atoms with Gasteiger partial charge in [0.1, 0.15) is 11.4 Å². The molecule has 0 spiro atoms. The molecule has 1 saturated carbocycles. The number of hydrogen-bond acceptors (Lipinski definition) is 2. The van der Waals surface area contributed by atoms with Crippen LogP contribution in [0.15, 0.2) is 124 Å². The van der Waals surface area contributed by atoms with Gasteiger partial charge in [-0.15, -0.1) is 0 Å². The van der Waals surface area contributed by atoms with E-state index in [2.05, 4.69) is 48.5 Å². The molecule has 4 aromatic carbocycles. The second-order valence-corrected chi connectivity index (χ2v) is 10.6. The first-order valence-corrected chi connectivity index (χ1v) is 12.8. The van der Waals surface area contributed by atoms with Crippen LogP contribution < -0.4 is 0 Å². The first kappa shape index (κ1) is 22.4. The molecule has 0 amide bonds. The van der Waals surface area contributed by atoms with Gasteiger partial charge < -0.3 is 4.74 Å². The van der Waals surface area contributed by atoms with E-state index in [-0.39, 0.29) is 22.7 Å². The monoisotopic (exact) mass is 469 g/mol. The Kier molecular flexibility index (Phi) is 6.50. The third-order valence-corrected chi connectivity index (χ3v) is 8.56. The van der Waals surface area contributed by atoms with Crippen molar-refractivity contribution in [3.63, 3.8) is 0 Å². The minimum atomic E-state index is -0.754. The zero-order valence-corrected chi connectivity index (χ0v) is 19.6. The molecule has 0 atom stereocenters. The predicted octanol–water partition coefficient (Wildman–Crippen LogP) is 7.55. The lowest BCUT2D eigenvalue weighted by Gasteiger charge is -2.29. The number of carbonyl (C=O) groups is 1. The molecule has 4 aromatic rings. The number of hydrogen-bond donors (Lipinski definition) is 0. The maximum Gasteiger partial charge on any atom is 0.339 e. The highest BCUT2D eigenvalue weighted by atomic mass is 32.2. The molecule has 0 saturated heterocycles. The molecule has 1 aliphatic carbocycles. The van der Waals surface area contributed by atoms with Gasteiger partial charge in [0.2, 0.25) is 0 Å². The average Bonchev–Trinajstić information content (AvgIpc) is 3.36. The molecule has 4 heteroatoms. The number of esters is 1. The van der Waals surface area contributed by atoms with Crippen LogP contribution >= 0.6 is 0 Å². The number of benzene rings is 4. The molecule has 1 aliphatic rings. The molecule has 0 bridgehead atoms. The lowest BCUT2D eigenvalue weighted by Crippen LogP contribution is -2.29. The predicted molar refractivity (Wildman–Crippen MR) is 133 cm³/mol. The summed E-state index contributed by atoms with van der Waals surface area (Å²) in [6.45, 7) is 0. The molecule has 5 rings (SSSR count). The molecule has 0 heterocycles. The minimum Gasteiger partial charge on any atom is -0.451 e. The fraction of sp³-hybridized carbons (Fsp3) is 0.167. The molecule has 0 N–H and O–H groups in total.